The highest BCUT2D eigenvalue weighted by atomic mass is 16.6. The number of ether oxygens (including phenoxy) is 2. The number of amides is 1. The second-order valence-corrected chi connectivity index (χ2v) is 5.39. The summed E-state index contributed by atoms with van der Waals surface area (Å²) in [6.07, 6.45) is 5.40. The molecule has 0 unspecified atom stereocenters. The number of benzene rings is 2. The van der Waals surface area contributed by atoms with Crippen LogP contribution in [-0.4, -0.2) is 18.6 Å². The first-order chi connectivity index (χ1) is 12.3. The van der Waals surface area contributed by atoms with Crippen molar-refractivity contribution in [3.05, 3.63) is 83.9 Å². The summed E-state index contributed by atoms with van der Waals surface area (Å²) in [6, 6.07) is 18.8. The van der Waals surface area contributed by atoms with Crippen LogP contribution in [0, 0.1) is 0 Å². The van der Waals surface area contributed by atoms with Gasteiger partial charge in [0, 0.05) is 5.56 Å². The van der Waals surface area contributed by atoms with Crippen LogP contribution in [-0.2, 0) is 16.1 Å². The van der Waals surface area contributed by atoms with Gasteiger partial charge in [0.25, 0.3) is 0 Å². The zero-order valence-corrected chi connectivity index (χ0v) is 14.4. The van der Waals surface area contributed by atoms with Gasteiger partial charge >= 0.3 is 6.09 Å². The van der Waals surface area contributed by atoms with Crippen LogP contribution in [0.4, 0.5) is 4.79 Å². The van der Waals surface area contributed by atoms with Crippen LogP contribution >= 0.6 is 0 Å². The molecule has 0 aliphatic heterocycles. The van der Waals surface area contributed by atoms with Gasteiger partial charge in [-0.2, -0.15) is 0 Å². The molecule has 0 saturated carbocycles. The van der Waals surface area contributed by atoms with Gasteiger partial charge < -0.3 is 9.47 Å². The summed E-state index contributed by atoms with van der Waals surface area (Å²) < 4.78 is 10.9. The largest absolute Gasteiger partial charge is 0.473 e. The van der Waals surface area contributed by atoms with E-state index in [1.165, 1.54) is 0 Å². The highest BCUT2D eigenvalue weighted by molar-refractivity contribution is 5.99. The molecule has 4 nitrogen and oxygen atoms in total. The normalized spacial score (nSPS) is 11.5. The van der Waals surface area contributed by atoms with E-state index < -0.39 is 6.09 Å². The third kappa shape index (κ3) is 7.04. The van der Waals surface area contributed by atoms with E-state index in [1.54, 1.807) is 0 Å². The first kappa shape index (κ1) is 18.5. The maximum absolute atomic E-state index is 12.0. The Hall–Kier alpha value is -2.88. The van der Waals surface area contributed by atoms with Crippen molar-refractivity contribution >= 4 is 12.0 Å². The molecule has 0 aromatic heterocycles. The molecule has 0 saturated heterocycles. The highest BCUT2D eigenvalue weighted by Crippen LogP contribution is 2.06. The average Bonchev–Trinajstić information content (AvgIpc) is 2.67. The first-order valence-corrected chi connectivity index (χ1v) is 8.42. The molecule has 130 valence electrons. The molecule has 0 spiro atoms. The van der Waals surface area contributed by atoms with Crippen molar-refractivity contribution in [1.82, 2.24) is 0 Å². The van der Waals surface area contributed by atoms with Crippen molar-refractivity contribution in [3.8, 4) is 0 Å². The summed E-state index contributed by atoms with van der Waals surface area (Å²) in [6.45, 7) is 2.66. The van der Waals surface area contributed by atoms with Gasteiger partial charge in [0.2, 0.25) is 5.90 Å². The second kappa shape index (κ2) is 10.8. The predicted octanol–water partition coefficient (Wildman–Crippen LogP) is 5.14. The number of carbonyl (C=O) groups excluding carboxylic acids is 1. The molecule has 1 amide bonds. The van der Waals surface area contributed by atoms with Crippen molar-refractivity contribution in [3.63, 3.8) is 0 Å². The van der Waals surface area contributed by atoms with Crippen molar-refractivity contribution in [2.45, 2.75) is 26.4 Å². The number of allylic oxidation sites excluding steroid dienone is 1. The van der Waals surface area contributed by atoms with Gasteiger partial charge in [-0.25, -0.2) is 4.79 Å². The molecule has 2 aromatic rings. The fourth-order valence-electron chi connectivity index (χ4n) is 2.07. The first-order valence-electron chi connectivity index (χ1n) is 8.42. The molecule has 0 N–H and O–H groups in total. The second-order valence-electron chi connectivity index (χ2n) is 5.39. The maximum atomic E-state index is 12.0. The lowest BCUT2D eigenvalue weighted by Crippen LogP contribution is -2.11. The van der Waals surface area contributed by atoms with E-state index in [0.717, 1.165) is 24.0 Å². The molecule has 0 aliphatic carbocycles. The minimum Gasteiger partial charge on any atom is -0.473 e. The van der Waals surface area contributed by atoms with Gasteiger partial charge in [0.1, 0.15) is 13.2 Å². The average molecular weight is 337 g/mol. The fraction of sp³-hybridized carbons (Fsp3) is 0.238. The van der Waals surface area contributed by atoms with Gasteiger partial charge in [-0.3, -0.25) is 0 Å². The monoisotopic (exact) mass is 337 g/mol. The molecule has 0 radical (unpaired) electrons. The highest BCUT2D eigenvalue weighted by Gasteiger charge is 2.09. The Labute approximate surface area is 148 Å². The zero-order chi connectivity index (χ0) is 17.7. The number of hydrogen-bond acceptors (Lipinski definition) is 3. The Morgan fingerprint density at radius 2 is 1.64 bits per heavy atom. The van der Waals surface area contributed by atoms with E-state index in [4.69, 9.17) is 9.47 Å². The van der Waals surface area contributed by atoms with Crippen LogP contribution in [0.3, 0.4) is 0 Å². The minimum absolute atomic E-state index is 0.182. The van der Waals surface area contributed by atoms with E-state index in [9.17, 15) is 4.79 Å². The number of unbranched alkanes of at least 4 members (excludes halogenated alkanes) is 1. The molecule has 0 atom stereocenters. The van der Waals surface area contributed by atoms with Gasteiger partial charge in [0.15, 0.2) is 0 Å². The summed E-state index contributed by atoms with van der Waals surface area (Å²) >= 11 is 0. The van der Waals surface area contributed by atoms with E-state index in [-0.39, 0.29) is 12.5 Å². The Morgan fingerprint density at radius 3 is 2.32 bits per heavy atom. The van der Waals surface area contributed by atoms with Crippen molar-refractivity contribution < 1.29 is 14.3 Å². The van der Waals surface area contributed by atoms with Gasteiger partial charge in [-0.15, -0.1) is 4.99 Å². The number of nitrogens with zero attached hydrogens (tertiary/aromatic N) is 1. The van der Waals surface area contributed by atoms with Gasteiger partial charge in [-0.1, -0.05) is 74.0 Å². The molecule has 0 aliphatic rings. The number of rotatable bonds is 7. The topological polar surface area (TPSA) is 47.9 Å². The standard InChI is InChI=1S/C21H23NO3/c1-2-3-4-11-16-24-20(19-14-9-6-10-15-19)22-21(23)25-17-18-12-7-5-8-13-18/h4-15H,2-3,16-17H2,1H3/b11-4+,22-20-. The van der Waals surface area contributed by atoms with Crippen LogP contribution < -0.4 is 0 Å². The summed E-state index contributed by atoms with van der Waals surface area (Å²) in [5.74, 6) is 0.264. The smallest absolute Gasteiger partial charge is 0.437 e. The zero-order valence-electron chi connectivity index (χ0n) is 14.4. The van der Waals surface area contributed by atoms with Crippen LogP contribution in [0.5, 0.6) is 0 Å². The lowest BCUT2D eigenvalue weighted by Gasteiger charge is -2.08. The van der Waals surface area contributed by atoms with Crippen LogP contribution in [0.25, 0.3) is 0 Å². The van der Waals surface area contributed by atoms with Crippen LogP contribution in [0.1, 0.15) is 30.9 Å². The minimum atomic E-state index is -0.666. The number of aliphatic imine (C=N–C) groups is 1. The Morgan fingerprint density at radius 1 is 0.960 bits per heavy atom. The molecule has 0 bridgehead atoms. The van der Waals surface area contributed by atoms with Crippen molar-refractivity contribution in [1.29, 1.82) is 0 Å². The molecule has 0 heterocycles. The van der Waals surface area contributed by atoms with Gasteiger partial charge in [0.05, 0.1) is 0 Å². The SMILES string of the molecule is CCC/C=C/CO/C(=N\C(=O)OCc1ccccc1)c1ccccc1. The Bertz CT molecular complexity index is 694. The lowest BCUT2D eigenvalue weighted by molar-refractivity contribution is 0.150. The van der Waals surface area contributed by atoms with E-state index in [1.807, 2.05) is 66.7 Å². The third-order valence-electron chi connectivity index (χ3n) is 3.36. The molecule has 2 rings (SSSR count). The summed E-state index contributed by atoms with van der Waals surface area (Å²) in [7, 11) is 0. The van der Waals surface area contributed by atoms with Crippen molar-refractivity contribution in [2.75, 3.05) is 6.61 Å². The Balaban J connectivity index is 2.00. The molecular formula is C21H23NO3. The van der Waals surface area contributed by atoms with Crippen molar-refractivity contribution in [2.24, 2.45) is 4.99 Å². The van der Waals surface area contributed by atoms with Crippen LogP contribution in [0.15, 0.2) is 77.8 Å². The van der Waals surface area contributed by atoms with E-state index in [2.05, 4.69) is 18.0 Å². The van der Waals surface area contributed by atoms with Crippen LogP contribution in [0.2, 0.25) is 0 Å². The van der Waals surface area contributed by atoms with E-state index >= 15 is 0 Å². The molecule has 2 aromatic carbocycles. The quantitative estimate of drug-likeness (QED) is 0.399. The lowest BCUT2D eigenvalue weighted by atomic mass is 10.2. The third-order valence-corrected chi connectivity index (χ3v) is 3.36. The van der Waals surface area contributed by atoms with E-state index in [0.29, 0.717) is 6.61 Å². The number of hydrogen-bond donors (Lipinski definition) is 0. The summed E-state index contributed by atoms with van der Waals surface area (Å²) in [5.41, 5.74) is 1.65. The Kier molecular flexibility index (Phi) is 7.98. The molecule has 25 heavy (non-hydrogen) atoms. The summed E-state index contributed by atoms with van der Waals surface area (Å²) in [5, 5.41) is 0. The fourth-order valence-corrected chi connectivity index (χ4v) is 2.07. The maximum Gasteiger partial charge on any atom is 0.437 e. The molecule has 4 heteroatoms. The summed E-state index contributed by atoms with van der Waals surface area (Å²) in [4.78, 5) is 16.0. The molecular weight excluding hydrogens is 314 g/mol. The molecule has 0 fully saturated rings. The van der Waals surface area contributed by atoms with Gasteiger partial charge in [-0.05, 0) is 24.1 Å². The number of carbonyl (C=O) groups is 1. The predicted molar refractivity (Wildman–Crippen MR) is 99.6 cm³/mol.